The van der Waals surface area contributed by atoms with E-state index in [9.17, 15) is 0 Å². The van der Waals surface area contributed by atoms with Crippen LogP contribution in [0.2, 0.25) is 0 Å². The van der Waals surface area contributed by atoms with Crippen molar-refractivity contribution in [2.24, 2.45) is 0 Å². The molecule has 0 bridgehead atoms. The Morgan fingerprint density at radius 2 is 2.05 bits per heavy atom. The van der Waals surface area contributed by atoms with E-state index < -0.39 is 0 Å². The van der Waals surface area contributed by atoms with Crippen LogP contribution < -0.4 is 0 Å². The van der Waals surface area contributed by atoms with Gasteiger partial charge in [-0.1, -0.05) is 12.1 Å². The number of hydrogen-bond acceptors (Lipinski definition) is 2. The first-order chi connectivity index (χ1) is 9.16. The maximum absolute atomic E-state index is 5.49. The molecule has 2 heterocycles. The molecule has 1 aromatic carbocycles. The lowest BCUT2D eigenvalue weighted by Crippen LogP contribution is -2.33. The number of likely N-dealkylation sites (tertiary alicyclic amines) is 1. The summed E-state index contributed by atoms with van der Waals surface area (Å²) in [6.45, 7) is 7.90. The van der Waals surface area contributed by atoms with E-state index in [1.54, 1.807) is 0 Å². The van der Waals surface area contributed by atoms with E-state index in [0.29, 0.717) is 6.04 Å². The Morgan fingerprint density at radius 3 is 2.79 bits per heavy atom. The molecule has 0 saturated carbocycles. The Balaban J connectivity index is 1.96. The lowest BCUT2D eigenvalue weighted by Gasteiger charge is -2.24. The van der Waals surface area contributed by atoms with Gasteiger partial charge in [-0.3, -0.25) is 4.90 Å². The Kier molecular flexibility index (Phi) is 3.46. The Morgan fingerprint density at radius 1 is 1.32 bits per heavy atom. The number of aromatic amines is 1. The first kappa shape index (κ1) is 12.9. The molecular weight excluding hydrogens is 254 g/mol. The maximum Gasteiger partial charge on any atom is 0.178 e. The van der Waals surface area contributed by atoms with Gasteiger partial charge in [0.05, 0.1) is 11.0 Å². The van der Waals surface area contributed by atoms with Crippen molar-refractivity contribution < 1.29 is 0 Å². The average molecular weight is 275 g/mol. The quantitative estimate of drug-likeness (QED) is 0.867. The minimum Gasteiger partial charge on any atom is -0.331 e. The third-order valence-electron chi connectivity index (χ3n) is 4.21. The minimum atomic E-state index is 0.549. The van der Waals surface area contributed by atoms with Gasteiger partial charge in [0, 0.05) is 12.6 Å². The normalized spacial score (nSPS) is 18.2. The zero-order valence-electron chi connectivity index (χ0n) is 11.6. The number of nitrogens with zero attached hydrogens (tertiary/aromatic N) is 2. The summed E-state index contributed by atoms with van der Waals surface area (Å²) in [7, 11) is 0. The lowest BCUT2D eigenvalue weighted by atomic mass is 10.2. The molecule has 1 aliphatic heterocycles. The van der Waals surface area contributed by atoms with Gasteiger partial charge >= 0.3 is 0 Å². The molecule has 2 aromatic rings. The predicted octanol–water partition coefficient (Wildman–Crippen LogP) is 3.49. The molecule has 3 rings (SSSR count). The van der Waals surface area contributed by atoms with Crippen LogP contribution in [-0.2, 0) is 6.54 Å². The van der Waals surface area contributed by atoms with E-state index in [2.05, 4.69) is 46.5 Å². The highest BCUT2D eigenvalue weighted by atomic mass is 32.1. The van der Waals surface area contributed by atoms with Gasteiger partial charge in [0.2, 0.25) is 0 Å². The number of hydrogen-bond donors (Lipinski definition) is 1. The zero-order chi connectivity index (χ0) is 13.4. The van der Waals surface area contributed by atoms with Gasteiger partial charge in [-0.05, 0) is 63.6 Å². The first-order valence-corrected chi connectivity index (χ1v) is 7.50. The molecule has 102 valence electrons. The molecule has 1 N–H and O–H groups in total. The minimum absolute atomic E-state index is 0.549. The van der Waals surface area contributed by atoms with E-state index in [4.69, 9.17) is 12.2 Å². The number of imidazole rings is 1. The molecule has 1 aliphatic rings. The van der Waals surface area contributed by atoms with Gasteiger partial charge in [-0.15, -0.1) is 0 Å². The summed E-state index contributed by atoms with van der Waals surface area (Å²) in [5.41, 5.74) is 3.70. The van der Waals surface area contributed by atoms with Crippen molar-refractivity contribution in [1.82, 2.24) is 14.5 Å². The number of rotatable bonds is 3. The second-order valence-corrected chi connectivity index (χ2v) is 5.99. The number of nitrogens with one attached hydrogen (secondary N) is 1. The summed E-state index contributed by atoms with van der Waals surface area (Å²) in [5, 5.41) is 0. The van der Waals surface area contributed by atoms with Crippen LogP contribution in [-0.4, -0.2) is 33.6 Å². The van der Waals surface area contributed by atoms with E-state index in [1.807, 2.05) is 0 Å². The summed E-state index contributed by atoms with van der Waals surface area (Å²) < 4.78 is 3.11. The molecule has 0 radical (unpaired) electrons. The van der Waals surface area contributed by atoms with Gasteiger partial charge in [0.15, 0.2) is 4.77 Å². The topological polar surface area (TPSA) is 24.0 Å². The van der Waals surface area contributed by atoms with Crippen LogP contribution in [0.4, 0.5) is 0 Å². The fourth-order valence-electron chi connectivity index (χ4n) is 3.14. The summed E-state index contributed by atoms with van der Waals surface area (Å²) in [4.78, 5) is 5.89. The van der Waals surface area contributed by atoms with Crippen molar-refractivity contribution in [3.63, 3.8) is 0 Å². The SMILES string of the molecule is Cc1cccc2[nH]c(=S)n(CC(C)N3CCCC3)c12. The monoisotopic (exact) mass is 275 g/mol. The molecule has 1 saturated heterocycles. The highest BCUT2D eigenvalue weighted by molar-refractivity contribution is 7.71. The van der Waals surface area contributed by atoms with Crippen molar-refractivity contribution in [1.29, 1.82) is 0 Å². The predicted molar refractivity (Wildman–Crippen MR) is 82.1 cm³/mol. The molecule has 4 heteroatoms. The Labute approximate surface area is 119 Å². The largest absolute Gasteiger partial charge is 0.331 e. The third-order valence-corrected chi connectivity index (χ3v) is 4.53. The summed E-state index contributed by atoms with van der Waals surface area (Å²) in [5.74, 6) is 0. The van der Waals surface area contributed by atoms with Crippen LogP contribution in [0.1, 0.15) is 25.3 Å². The van der Waals surface area contributed by atoms with Crippen LogP contribution in [0.5, 0.6) is 0 Å². The highest BCUT2D eigenvalue weighted by Crippen LogP contribution is 2.20. The van der Waals surface area contributed by atoms with Crippen LogP contribution in [0.25, 0.3) is 11.0 Å². The number of benzene rings is 1. The van der Waals surface area contributed by atoms with Crippen LogP contribution >= 0.6 is 12.2 Å². The Bertz CT molecular complexity index is 634. The smallest absolute Gasteiger partial charge is 0.178 e. The molecule has 19 heavy (non-hydrogen) atoms. The van der Waals surface area contributed by atoms with Crippen LogP contribution in [0, 0.1) is 11.7 Å². The molecule has 0 spiro atoms. The molecule has 1 aromatic heterocycles. The van der Waals surface area contributed by atoms with Gasteiger partial charge in [-0.2, -0.15) is 0 Å². The number of H-pyrrole nitrogens is 1. The molecule has 1 unspecified atom stereocenters. The molecular formula is C15H21N3S. The van der Waals surface area contributed by atoms with Gasteiger partial charge in [-0.25, -0.2) is 0 Å². The van der Waals surface area contributed by atoms with Gasteiger partial charge in [0.1, 0.15) is 0 Å². The van der Waals surface area contributed by atoms with Crippen molar-refractivity contribution in [3.05, 3.63) is 28.5 Å². The summed E-state index contributed by atoms with van der Waals surface area (Å²) in [6, 6.07) is 6.89. The Hall–Kier alpha value is -1.13. The molecule has 0 aliphatic carbocycles. The second kappa shape index (κ2) is 5.10. The van der Waals surface area contributed by atoms with Gasteiger partial charge < -0.3 is 9.55 Å². The van der Waals surface area contributed by atoms with E-state index >= 15 is 0 Å². The van der Waals surface area contributed by atoms with E-state index in [-0.39, 0.29) is 0 Å². The number of aryl methyl sites for hydroxylation is 1. The van der Waals surface area contributed by atoms with Crippen molar-refractivity contribution >= 4 is 23.3 Å². The van der Waals surface area contributed by atoms with Crippen molar-refractivity contribution in [2.45, 2.75) is 39.3 Å². The van der Waals surface area contributed by atoms with E-state index in [1.165, 1.54) is 37.0 Å². The lowest BCUT2D eigenvalue weighted by molar-refractivity contribution is 0.237. The van der Waals surface area contributed by atoms with Crippen molar-refractivity contribution in [3.8, 4) is 0 Å². The van der Waals surface area contributed by atoms with Gasteiger partial charge in [0.25, 0.3) is 0 Å². The summed E-state index contributed by atoms with van der Waals surface area (Å²) in [6.07, 6.45) is 2.67. The summed E-state index contributed by atoms with van der Waals surface area (Å²) >= 11 is 5.49. The number of para-hydroxylation sites is 1. The zero-order valence-corrected chi connectivity index (χ0v) is 12.5. The van der Waals surface area contributed by atoms with E-state index in [0.717, 1.165) is 16.8 Å². The first-order valence-electron chi connectivity index (χ1n) is 7.09. The van der Waals surface area contributed by atoms with Crippen LogP contribution in [0.3, 0.4) is 0 Å². The molecule has 1 fully saturated rings. The second-order valence-electron chi connectivity index (χ2n) is 5.60. The average Bonchev–Trinajstić information content (AvgIpc) is 2.99. The van der Waals surface area contributed by atoms with Crippen molar-refractivity contribution in [2.75, 3.05) is 13.1 Å². The fourth-order valence-corrected chi connectivity index (χ4v) is 3.41. The molecule has 0 amide bonds. The van der Waals surface area contributed by atoms with Crippen LogP contribution in [0.15, 0.2) is 18.2 Å². The highest BCUT2D eigenvalue weighted by Gasteiger charge is 2.19. The fraction of sp³-hybridized carbons (Fsp3) is 0.533. The molecule has 1 atom stereocenters. The third kappa shape index (κ3) is 2.35. The molecule has 3 nitrogen and oxygen atoms in total. The maximum atomic E-state index is 5.49. The number of aromatic nitrogens is 2. The number of fused-ring (bicyclic) bond motifs is 1. The standard InChI is InChI=1S/C15H21N3S/c1-11-6-5-7-13-14(11)18(15(19)16-13)10-12(2)17-8-3-4-9-17/h5-7,12H,3-4,8-10H2,1-2H3,(H,16,19).